The monoisotopic (exact) mass is 367 g/mol. The minimum absolute atomic E-state index is 0.0565. The Morgan fingerprint density at radius 3 is 2.00 bits per heavy atom. The minimum atomic E-state index is -0.267. The van der Waals surface area contributed by atoms with Crippen LogP contribution >= 0.6 is 0 Å². The van der Waals surface area contributed by atoms with Gasteiger partial charge in [-0.05, 0) is 56.2 Å². The number of nitrogens with one attached hydrogen (secondary N) is 2. The Bertz CT molecular complexity index is 850. The molecule has 0 spiro atoms. The molecule has 0 aliphatic carbocycles. The lowest BCUT2D eigenvalue weighted by Gasteiger charge is -2.18. The van der Waals surface area contributed by atoms with Crippen molar-refractivity contribution in [2.75, 3.05) is 24.2 Å². The first-order valence-corrected chi connectivity index (χ1v) is 8.68. The third-order valence-corrected chi connectivity index (χ3v) is 4.12. The van der Waals surface area contributed by atoms with Gasteiger partial charge in [0.25, 0.3) is 5.91 Å². The van der Waals surface area contributed by atoms with E-state index in [0.29, 0.717) is 11.3 Å². The summed E-state index contributed by atoms with van der Waals surface area (Å²) in [5.41, 5.74) is 4.96. The molecule has 2 N–H and O–H groups in total. The predicted octanol–water partition coefficient (Wildman–Crippen LogP) is 3.28. The van der Waals surface area contributed by atoms with Crippen molar-refractivity contribution in [1.82, 2.24) is 4.90 Å². The maximum Gasteiger partial charge on any atom is 0.254 e. The molecule has 2 aromatic rings. The molecule has 3 amide bonds. The Labute approximate surface area is 159 Å². The Balaban J connectivity index is 2.01. The number of hydrogen-bond donors (Lipinski definition) is 2. The highest BCUT2D eigenvalue weighted by atomic mass is 16.2. The van der Waals surface area contributed by atoms with Crippen LogP contribution in [0.15, 0.2) is 36.4 Å². The van der Waals surface area contributed by atoms with Crippen LogP contribution in [-0.2, 0) is 9.59 Å². The van der Waals surface area contributed by atoms with Gasteiger partial charge in [-0.2, -0.15) is 0 Å². The summed E-state index contributed by atoms with van der Waals surface area (Å²) < 4.78 is 0. The van der Waals surface area contributed by atoms with E-state index < -0.39 is 0 Å². The zero-order valence-electron chi connectivity index (χ0n) is 16.3. The second-order valence-electron chi connectivity index (χ2n) is 6.74. The first-order valence-electron chi connectivity index (χ1n) is 8.68. The zero-order chi connectivity index (χ0) is 20.1. The maximum absolute atomic E-state index is 12.5. The first kappa shape index (κ1) is 20.2. The van der Waals surface area contributed by atoms with Gasteiger partial charge in [-0.3, -0.25) is 14.4 Å². The summed E-state index contributed by atoms with van der Waals surface area (Å²) in [5.74, 6) is -0.697. The largest absolute Gasteiger partial charge is 0.332 e. The number of carbonyl (C=O) groups excluding carboxylic acids is 3. The normalized spacial score (nSPS) is 10.3. The molecule has 0 radical (unpaired) electrons. The summed E-state index contributed by atoms with van der Waals surface area (Å²) in [6.07, 6.45) is 0. The number of anilines is 2. The van der Waals surface area contributed by atoms with Crippen LogP contribution in [0.4, 0.5) is 11.4 Å². The number of benzene rings is 2. The molecule has 0 saturated carbocycles. The number of rotatable bonds is 5. The van der Waals surface area contributed by atoms with Crippen molar-refractivity contribution >= 4 is 29.1 Å². The van der Waals surface area contributed by atoms with E-state index in [-0.39, 0.29) is 24.3 Å². The lowest BCUT2D eigenvalue weighted by atomic mass is 10.1. The van der Waals surface area contributed by atoms with Crippen LogP contribution in [0.3, 0.4) is 0 Å². The smallest absolute Gasteiger partial charge is 0.254 e. The van der Waals surface area contributed by atoms with E-state index in [2.05, 4.69) is 10.6 Å². The maximum atomic E-state index is 12.5. The van der Waals surface area contributed by atoms with Crippen molar-refractivity contribution < 1.29 is 14.4 Å². The molecule has 0 bridgehead atoms. The lowest BCUT2D eigenvalue weighted by molar-refractivity contribution is -0.116. The van der Waals surface area contributed by atoms with Gasteiger partial charge in [0.1, 0.15) is 0 Å². The Kier molecular flexibility index (Phi) is 6.34. The van der Waals surface area contributed by atoms with E-state index in [1.54, 1.807) is 31.3 Å². The Morgan fingerprint density at radius 1 is 0.926 bits per heavy atom. The predicted molar refractivity (Wildman–Crippen MR) is 107 cm³/mol. The van der Waals surface area contributed by atoms with Gasteiger partial charge in [-0.25, -0.2) is 0 Å². The second kappa shape index (κ2) is 8.49. The molecule has 0 heterocycles. The number of likely N-dealkylation sites (N-methyl/N-ethyl adjacent to an activating group) is 1. The van der Waals surface area contributed by atoms with Gasteiger partial charge in [0.15, 0.2) is 0 Å². The number of hydrogen-bond acceptors (Lipinski definition) is 3. The average Bonchev–Trinajstić information content (AvgIpc) is 2.57. The topological polar surface area (TPSA) is 78.5 Å². The van der Waals surface area contributed by atoms with Gasteiger partial charge >= 0.3 is 0 Å². The summed E-state index contributed by atoms with van der Waals surface area (Å²) in [4.78, 5) is 37.3. The highest BCUT2D eigenvalue weighted by molar-refractivity contribution is 6.00. The van der Waals surface area contributed by atoms with Crippen LogP contribution in [0, 0.1) is 20.8 Å². The van der Waals surface area contributed by atoms with Crippen LogP contribution in [-0.4, -0.2) is 36.2 Å². The average molecular weight is 367 g/mol. The molecule has 142 valence electrons. The zero-order valence-corrected chi connectivity index (χ0v) is 16.3. The summed E-state index contributed by atoms with van der Waals surface area (Å²) in [6, 6.07) is 10.6. The molecular formula is C21H25N3O3. The number of aryl methyl sites for hydroxylation is 3. The third-order valence-electron chi connectivity index (χ3n) is 4.12. The minimum Gasteiger partial charge on any atom is -0.332 e. The summed E-state index contributed by atoms with van der Waals surface area (Å²) in [7, 11) is 1.58. The van der Waals surface area contributed by atoms with Gasteiger partial charge in [-0.15, -0.1) is 0 Å². The van der Waals surface area contributed by atoms with Crippen molar-refractivity contribution in [3.63, 3.8) is 0 Å². The van der Waals surface area contributed by atoms with Crippen molar-refractivity contribution in [1.29, 1.82) is 0 Å². The van der Waals surface area contributed by atoms with Gasteiger partial charge < -0.3 is 15.5 Å². The first-order chi connectivity index (χ1) is 12.7. The highest BCUT2D eigenvalue weighted by Gasteiger charge is 2.16. The van der Waals surface area contributed by atoms with E-state index in [4.69, 9.17) is 0 Å². The van der Waals surface area contributed by atoms with E-state index in [1.807, 2.05) is 32.9 Å². The quantitative estimate of drug-likeness (QED) is 0.851. The van der Waals surface area contributed by atoms with Gasteiger partial charge in [0, 0.05) is 30.9 Å². The van der Waals surface area contributed by atoms with Crippen LogP contribution < -0.4 is 10.6 Å². The fourth-order valence-corrected chi connectivity index (χ4v) is 2.96. The Morgan fingerprint density at radius 2 is 1.48 bits per heavy atom. The van der Waals surface area contributed by atoms with Crippen LogP contribution in [0.5, 0.6) is 0 Å². The lowest BCUT2D eigenvalue weighted by Crippen LogP contribution is -2.35. The van der Waals surface area contributed by atoms with E-state index in [0.717, 1.165) is 22.4 Å². The second-order valence-corrected chi connectivity index (χ2v) is 6.74. The fourth-order valence-electron chi connectivity index (χ4n) is 2.96. The highest BCUT2D eigenvalue weighted by Crippen LogP contribution is 2.22. The SMILES string of the molecule is CC(=O)Nc1ccc(C(=O)N(C)CC(=O)Nc2c(C)cc(C)cc2C)cc1. The fraction of sp³-hybridized carbons (Fsp3) is 0.286. The van der Waals surface area contributed by atoms with Gasteiger partial charge in [-0.1, -0.05) is 17.7 Å². The van der Waals surface area contributed by atoms with E-state index >= 15 is 0 Å². The van der Waals surface area contributed by atoms with E-state index in [9.17, 15) is 14.4 Å². The Hall–Kier alpha value is -3.15. The van der Waals surface area contributed by atoms with Crippen LogP contribution in [0.2, 0.25) is 0 Å². The van der Waals surface area contributed by atoms with Crippen molar-refractivity contribution in [3.05, 3.63) is 58.7 Å². The summed E-state index contributed by atoms with van der Waals surface area (Å²) in [6.45, 7) is 7.26. The number of carbonyl (C=O) groups is 3. The van der Waals surface area contributed by atoms with Crippen molar-refractivity contribution in [3.8, 4) is 0 Å². The van der Waals surface area contributed by atoms with Crippen molar-refractivity contribution in [2.24, 2.45) is 0 Å². The van der Waals surface area contributed by atoms with Gasteiger partial charge in [0.05, 0.1) is 6.54 Å². The molecule has 6 heteroatoms. The molecular weight excluding hydrogens is 342 g/mol. The molecule has 0 aliphatic rings. The van der Waals surface area contributed by atoms with E-state index in [1.165, 1.54) is 11.8 Å². The summed E-state index contributed by atoms with van der Waals surface area (Å²) in [5, 5.41) is 5.54. The third kappa shape index (κ3) is 5.41. The summed E-state index contributed by atoms with van der Waals surface area (Å²) >= 11 is 0. The van der Waals surface area contributed by atoms with Crippen LogP contribution in [0.1, 0.15) is 34.0 Å². The number of nitrogens with zero attached hydrogens (tertiary/aromatic N) is 1. The molecule has 0 fully saturated rings. The number of amides is 3. The standard InChI is InChI=1S/C21H25N3O3/c1-13-10-14(2)20(15(3)11-13)23-19(26)12-24(5)21(27)17-6-8-18(9-7-17)22-16(4)25/h6-11H,12H2,1-5H3,(H,22,25)(H,23,26). The molecule has 0 saturated heterocycles. The molecule has 0 unspecified atom stereocenters. The molecule has 0 atom stereocenters. The molecule has 0 aliphatic heterocycles. The van der Waals surface area contributed by atoms with Crippen LogP contribution in [0.25, 0.3) is 0 Å². The van der Waals surface area contributed by atoms with Crippen molar-refractivity contribution in [2.45, 2.75) is 27.7 Å². The molecule has 27 heavy (non-hydrogen) atoms. The molecule has 0 aromatic heterocycles. The molecule has 2 aromatic carbocycles. The van der Waals surface area contributed by atoms with Gasteiger partial charge in [0.2, 0.25) is 11.8 Å². The molecule has 2 rings (SSSR count). The molecule has 6 nitrogen and oxygen atoms in total.